The summed E-state index contributed by atoms with van der Waals surface area (Å²) in [5, 5.41) is 10.1. The molecule has 0 aliphatic carbocycles. The number of H-pyrrole nitrogens is 1. The number of hydrogen-bond acceptors (Lipinski definition) is 4. The molecule has 3 rings (SSSR count). The summed E-state index contributed by atoms with van der Waals surface area (Å²) in [5.74, 6) is 0.0479. The first-order chi connectivity index (χ1) is 11.9. The van der Waals surface area contributed by atoms with E-state index in [1.807, 2.05) is 13.8 Å². The van der Waals surface area contributed by atoms with Crippen LogP contribution in [0.25, 0.3) is 0 Å². The molecular formula is C19H32N4O2. The van der Waals surface area contributed by atoms with E-state index in [0.717, 1.165) is 55.7 Å². The molecule has 1 aromatic heterocycles. The fourth-order valence-corrected chi connectivity index (χ4v) is 4.14. The number of amides is 1. The van der Waals surface area contributed by atoms with E-state index in [1.54, 1.807) is 0 Å². The molecule has 2 N–H and O–H groups in total. The molecule has 0 radical (unpaired) electrons. The zero-order valence-corrected chi connectivity index (χ0v) is 16.0. The van der Waals surface area contributed by atoms with Gasteiger partial charge in [0.15, 0.2) is 0 Å². The highest BCUT2D eigenvalue weighted by Crippen LogP contribution is 2.39. The molecule has 1 amide bonds. The SMILES string of the molecule is Cc1n[nH]c(C)c1CC(=O)NCC1CCC2(CCN(C(C)C)CC2)O1. The van der Waals surface area contributed by atoms with Crippen molar-refractivity contribution in [2.75, 3.05) is 19.6 Å². The molecule has 6 nitrogen and oxygen atoms in total. The minimum atomic E-state index is 0.0479. The maximum atomic E-state index is 12.2. The first-order valence-electron chi connectivity index (χ1n) is 9.57. The van der Waals surface area contributed by atoms with Gasteiger partial charge in [-0.2, -0.15) is 5.10 Å². The Morgan fingerprint density at radius 3 is 2.68 bits per heavy atom. The average molecular weight is 348 g/mol. The van der Waals surface area contributed by atoms with Crippen molar-refractivity contribution in [2.45, 2.75) is 77.5 Å². The Balaban J connectivity index is 1.44. The molecule has 1 aromatic rings. The van der Waals surface area contributed by atoms with Crippen molar-refractivity contribution >= 4 is 5.91 Å². The third kappa shape index (κ3) is 4.23. The van der Waals surface area contributed by atoms with Gasteiger partial charge in [0.05, 0.1) is 23.8 Å². The number of piperidine rings is 1. The van der Waals surface area contributed by atoms with Crippen molar-refractivity contribution in [3.8, 4) is 0 Å². The van der Waals surface area contributed by atoms with E-state index >= 15 is 0 Å². The summed E-state index contributed by atoms with van der Waals surface area (Å²) < 4.78 is 6.39. The van der Waals surface area contributed by atoms with Gasteiger partial charge in [-0.15, -0.1) is 0 Å². The largest absolute Gasteiger partial charge is 0.370 e. The van der Waals surface area contributed by atoms with E-state index in [4.69, 9.17) is 4.74 Å². The number of ether oxygens (including phenoxy) is 1. The Labute approximate surface area is 150 Å². The van der Waals surface area contributed by atoms with Gasteiger partial charge in [-0.05, 0) is 53.4 Å². The molecule has 25 heavy (non-hydrogen) atoms. The van der Waals surface area contributed by atoms with E-state index in [9.17, 15) is 4.79 Å². The second-order valence-corrected chi connectivity index (χ2v) is 7.98. The van der Waals surface area contributed by atoms with E-state index < -0.39 is 0 Å². The van der Waals surface area contributed by atoms with Crippen molar-refractivity contribution in [3.05, 3.63) is 17.0 Å². The van der Waals surface area contributed by atoms with Gasteiger partial charge in [0.1, 0.15) is 0 Å². The number of aryl methyl sites for hydroxylation is 2. The predicted octanol–water partition coefficient (Wildman–Crippen LogP) is 2.11. The van der Waals surface area contributed by atoms with Crippen LogP contribution in [-0.2, 0) is 16.0 Å². The zero-order chi connectivity index (χ0) is 18.0. The van der Waals surface area contributed by atoms with Crippen LogP contribution in [0.2, 0.25) is 0 Å². The van der Waals surface area contributed by atoms with Crippen LogP contribution in [-0.4, -0.2) is 58.4 Å². The average Bonchev–Trinajstić information content (AvgIpc) is 3.12. The van der Waals surface area contributed by atoms with Crippen LogP contribution in [0, 0.1) is 13.8 Å². The molecule has 0 saturated carbocycles. The molecule has 2 aliphatic heterocycles. The summed E-state index contributed by atoms with van der Waals surface area (Å²) in [5.41, 5.74) is 2.93. The smallest absolute Gasteiger partial charge is 0.224 e. The van der Waals surface area contributed by atoms with Crippen LogP contribution >= 0.6 is 0 Å². The molecule has 2 saturated heterocycles. The number of hydrogen-bond donors (Lipinski definition) is 2. The van der Waals surface area contributed by atoms with Crippen LogP contribution < -0.4 is 5.32 Å². The van der Waals surface area contributed by atoms with Gasteiger partial charge in [0, 0.05) is 36.9 Å². The second-order valence-electron chi connectivity index (χ2n) is 7.98. The number of nitrogens with one attached hydrogen (secondary N) is 2. The minimum absolute atomic E-state index is 0.0479. The molecule has 140 valence electrons. The van der Waals surface area contributed by atoms with Gasteiger partial charge in [-0.3, -0.25) is 9.89 Å². The van der Waals surface area contributed by atoms with Crippen molar-refractivity contribution in [1.29, 1.82) is 0 Å². The number of carbonyl (C=O) groups is 1. The zero-order valence-electron chi connectivity index (χ0n) is 16.0. The summed E-state index contributed by atoms with van der Waals surface area (Å²) >= 11 is 0. The van der Waals surface area contributed by atoms with Gasteiger partial charge >= 0.3 is 0 Å². The molecule has 6 heteroatoms. The third-order valence-electron chi connectivity index (χ3n) is 5.92. The van der Waals surface area contributed by atoms with Crippen molar-refractivity contribution in [2.24, 2.45) is 0 Å². The van der Waals surface area contributed by atoms with Crippen LogP contribution in [0.1, 0.15) is 56.5 Å². The highest BCUT2D eigenvalue weighted by molar-refractivity contribution is 5.79. The third-order valence-corrected chi connectivity index (χ3v) is 5.92. The lowest BCUT2D eigenvalue weighted by Gasteiger charge is -2.40. The topological polar surface area (TPSA) is 70.2 Å². The van der Waals surface area contributed by atoms with Crippen LogP contribution in [0.5, 0.6) is 0 Å². The molecule has 2 aliphatic rings. The van der Waals surface area contributed by atoms with Crippen molar-refractivity contribution in [1.82, 2.24) is 20.4 Å². The first-order valence-corrected chi connectivity index (χ1v) is 9.57. The predicted molar refractivity (Wildman–Crippen MR) is 97.6 cm³/mol. The maximum Gasteiger partial charge on any atom is 0.224 e. The summed E-state index contributed by atoms with van der Waals surface area (Å²) in [4.78, 5) is 14.8. The molecule has 1 spiro atoms. The maximum absolute atomic E-state index is 12.2. The lowest BCUT2D eigenvalue weighted by molar-refractivity contribution is -0.122. The number of carbonyl (C=O) groups excluding carboxylic acids is 1. The van der Waals surface area contributed by atoms with Crippen LogP contribution in [0.3, 0.4) is 0 Å². The molecule has 3 heterocycles. The number of aromatic nitrogens is 2. The van der Waals surface area contributed by atoms with E-state index in [-0.39, 0.29) is 17.6 Å². The summed E-state index contributed by atoms with van der Waals surface area (Å²) in [7, 11) is 0. The lowest BCUT2D eigenvalue weighted by Crippen LogP contribution is -2.47. The Morgan fingerprint density at radius 2 is 2.08 bits per heavy atom. The molecule has 1 unspecified atom stereocenters. The van der Waals surface area contributed by atoms with E-state index in [0.29, 0.717) is 19.0 Å². The molecule has 0 aromatic carbocycles. The molecular weight excluding hydrogens is 316 g/mol. The second kappa shape index (κ2) is 7.46. The number of rotatable bonds is 5. The normalized spacial score (nSPS) is 23.5. The van der Waals surface area contributed by atoms with Gasteiger partial charge in [-0.25, -0.2) is 0 Å². The monoisotopic (exact) mass is 348 g/mol. The summed E-state index contributed by atoms with van der Waals surface area (Å²) in [6, 6.07) is 0.615. The lowest BCUT2D eigenvalue weighted by atomic mass is 9.88. The van der Waals surface area contributed by atoms with Gasteiger partial charge in [-0.1, -0.05) is 0 Å². The van der Waals surface area contributed by atoms with E-state index in [2.05, 4.69) is 34.3 Å². The summed E-state index contributed by atoms with van der Waals surface area (Å²) in [6.45, 7) is 11.3. The van der Waals surface area contributed by atoms with Crippen LogP contribution in [0.15, 0.2) is 0 Å². The standard InChI is InChI=1S/C19H32N4O2/c1-13(2)23-9-7-19(8-10-23)6-5-16(25-19)12-20-18(24)11-17-14(3)21-22-15(17)4/h13,16H,5-12H2,1-4H3,(H,20,24)(H,21,22). The quantitative estimate of drug-likeness (QED) is 0.855. The Bertz CT molecular complexity index is 583. The van der Waals surface area contributed by atoms with Crippen molar-refractivity contribution in [3.63, 3.8) is 0 Å². The highest BCUT2D eigenvalue weighted by atomic mass is 16.5. The van der Waals surface area contributed by atoms with E-state index in [1.165, 1.54) is 0 Å². The van der Waals surface area contributed by atoms with Crippen molar-refractivity contribution < 1.29 is 9.53 Å². The first kappa shape index (κ1) is 18.4. The highest BCUT2D eigenvalue weighted by Gasteiger charge is 2.42. The van der Waals surface area contributed by atoms with Gasteiger partial charge in [0.25, 0.3) is 0 Å². The Kier molecular flexibility index (Phi) is 5.49. The number of aromatic amines is 1. The van der Waals surface area contributed by atoms with Gasteiger partial charge < -0.3 is 15.0 Å². The number of nitrogens with zero attached hydrogens (tertiary/aromatic N) is 2. The fraction of sp³-hybridized carbons (Fsp3) is 0.789. The fourth-order valence-electron chi connectivity index (χ4n) is 4.14. The molecule has 1 atom stereocenters. The number of likely N-dealkylation sites (tertiary alicyclic amines) is 1. The Hall–Kier alpha value is -1.40. The molecule has 0 bridgehead atoms. The molecule has 2 fully saturated rings. The summed E-state index contributed by atoms with van der Waals surface area (Å²) in [6.07, 6.45) is 4.94. The van der Waals surface area contributed by atoms with Gasteiger partial charge in [0.2, 0.25) is 5.91 Å². The van der Waals surface area contributed by atoms with Crippen LogP contribution in [0.4, 0.5) is 0 Å². The Morgan fingerprint density at radius 1 is 1.36 bits per heavy atom. The minimum Gasteiger partial charge on any atom is -0.370 e.